The Labute approximate surface area is 151 Å². The summed E-state index contributed by atoms with van der Waals surface area (Å²) in [6.07, 6.45) is 6.76. The molecule has 7 heteroatoms. The SMILES string of the molecule is Cc1ccc(CNc2nc(-c3ccco3)nn2C(=O)C2CCCCC2)o1. The maximum atomic E-state index is 13.0. The van der Waals surface area contributed by atoms with Crippen molar-refractivity contribution < 1.29 is 13.6 Å². The molecule has 1 aliphatic carbocycles. The molecule has 4 rings (SSSR count). The third-order valence-corrected chi connectivity index (χ3v) is 4.73. The highest BCUT2D eigenvalue weighted by Gasteiger charge is 2.27. The van der Waals surface area contributed by atoms with E-state index in [0.717, 1.165) is 37.2 Å². The van der Waals surface area contributed by atoms with Gasteiger partial charge in [0.25, 0.3) is 5.91 Å². The molecular formula is C19H22N4O3. The molecule has 136 valence electrons. The van der Waals surface area contributed by atoms with Crippen molar-refractivity contribution in [3.8, 4) is 11.6 Å². The van der Waals surface area contributed by atoms with Gasteiger partial charge in [-0.25, -0.2) is 0 Å². The lowest BCUT2D eigenvalue weighted by molar-refractivity contribution is 0.0787. The van der Waals surface area contributed by atoms with Crippen LogP contribution in [-0.4, -0.2) is 20.7 Å². The van der Waals surface area contributed by atoms with E-state index < -0.39 is 0 Å². The van der Waals surface area contributed by atoms with Crippen LogP contribution in [0.3, 0.4) is 0 Å². The van der Waals surface area contributed by atoms with Crippen LogP contribution in [0.5, 0.6) is 0 Å². The van der Waals surface area contributed by atoms with Crippen LogP contribution in [0.4, 0.5) is 5.95 Å². The predicted molar refractivity (Wildman–Crippen MR) is 95.7 cm³/mol. The fourth-order valence-electron chi connectivity index (χ4n) is 3.36. The normalized spacial score (nSPS) is 15.3. The van der Waals surface area contributed by atoms with Gasteiger partial charge in [-0.15, -0.1) is 5.10 Å². The zero-order valence-corrected chi connectivity index (χ0v) is 14.8. The smallest absolute Gasteiger partial charge is 0.253 e. The standard InChI is InChI=1S/C19H22N4O3/c1-13-9-10-15(26-13)12-20-19-21-17(16-8-5-11-25-16)22-23(19)18(24)14-6-3-2-4-7-14/h5,8-11,14H,2-4,6-7,12H2,1H3,(H,20,21,22). The minimum absolute atomic E-state index is 0.00121. The highest BCUT2D eigenvalue weighted by atomic mass is 16.3. The number of aryl methyl sites for hydroxylation is 1. The molecule has 26 heavy (non-hydrogen) atoms. The monoisotopic (exact) mass is 354 g/mol. The molecule has 0 atom stereocenters. The zero-order chi connectivity index (χ0) is 17.9. The summed E-state index contributed by atoms with van der Waals surface area (Å²) in [7, 11) is 0. The van der Waals surface area contributed by atoms with Crippen LogP contribution in [-0.2, 0) is 6.54 Å². The molecule has 0 aromatic carbocycles. The predicted octanol–water partition coefficient (Wildman–Crippen LogP) is 4.27. The Morgan fingerprint density at radius 2 is 2.12 bits per heavy atom. The maximum absolute atomic E-state index is 13.0. The van der Waals surface area contributed by atoms with Crippen molar-refractivity contribution in [1.29, 1.82) is 0 Å². The van der Waals surface area contributed by atoms with E-state index in [9.17, 15) is 4.79 Å². The maximum Gasteiger partial charge on any atom is 0.253 e. The number of furan rings is 2. The van der Waals surface area contributed by atoms with Crippen LogP contribution in [0.1, 0.15) is 48.4 Å². The van der Waals surface area contributed by atoms with Crippen LogP contribution in [0.2, 0.25) is 0 Å². The summed E-state index contributed by atoms with van der Waals surface area (Å²) in [5.74, 6) is 2.98. The van der Waals surface area contributed by atoms with Gasteiger partial charge >= 0.3 is 0 Å². The van der Waals surface area contributed by atoms with Crippen molar-refractivity contribution in [3.63, 3.8) is 0 Å². The Hall–Kier alpha value is -2.83. The Balaban J connectivity index is 1.60. The first-order valence-electron chi connectivity index (χ1n) is 9.05. The van der Waals surface area contributed by atoms with Crippen molar-refractivity contribution in [1.82, 2.24) is 14.8 Å². The molecule has 1 fully saturated rings. The first kappa shape index (κ1) is 16.6. The average molecular weight is 354 g/mol. The molecule has 0 radical (unpaired) electrons. The van der Waals surface area contributed by atoms with Gasteiger partial charge in [-0.1, -0.05) is 19.3 Å². The van der Waals surface area contributed by atoms with E-state index in [1.54, 1.807) is 18.4 Å². The van der Waals surface area contributed by atoms with Crippen molar-refractivity contribution in [2.75, 3.05) is 5.32 Å². The van der Waals surface area contributed by atoms with E-state index in [2.05, 4.69) is 15.4 Å². The summed E-state index contributed by atoms with van der Waals surface area (Å²) in [5, 5.41) is 7.59. The Morgan fingerprint density at radius 1 is 1.27 bits per heavy atom. The summed E-state index contributed by atoms with van der Waals surface area (Å²) < 4.78 is 12.4. The van der Waals surface area contributed by atoms with Gasteiger partial charge < -0.3 is 14.2 Å². The molecule has 0 spiro atoms. The lowest BCUT2D eigenvalue weighted by atomic mass is 9.89. The number of carbonyl (C=O) groups is 1. The molecule has 0 saturated heterocycles. The molecule has 0 unspecified atom stereocenters. The van der Waals surface area contributed by atoms with Gasteiger partial charge in [0.05, 0.1) is 12.8 Å². The van der Waals surface area contributed by atoms with Crippen LogP contribution in [0.25, 0.3) is 11.6 Å². The molecule has 1 N–H and O–H groups in total. The molecular weight excluding hydrogens is 332 g/mol. The summed E-state index contributed by atoms with van der Waals surface area (Å²) >= 11 is 0. The molecule has 3 aromatic heterocycles. The lowest BCUT2D eigenvalue weighted by Gasteiger charge is -2.20. The number of carbonyl (C=O) groups excluding carboxylic acids is 1. The number of nitrogens with one attached hydrogen (secondary N) is 1. The van der Waals surface area contributed by atoms with Gasteiger partial charge in [0.2, 0.25) is 11.8 Å². The Bertz CT molecular complexity index is 873. The van der Waals surface area contributed by atoms with Crippen LogP contribution in [0.15, 0.2) is 39.4 Å². The summed E-state index contributed by atoms with van der Waals surface area (Å²) in [4.78, 5) is 17.5. The van der Waals surface area contributed by atoms with Gasteiger partial charge in [-0.2, -0.15) is 9.67 Å². The molecule has 7 nitrogen and oxygen atoms in total. The first-order chi connectivity index (χ1) is 12.7. The van der Waals surface area contributed by atoms with E-state index in [1.807, 2.05) is 19.1 Å². The summed E-state index contributed by atoms with van der Waals surface area (Å²) in [5.41, 5.74) is 0. The first-order valence-corrected chi connectivity index (χ1v) is 9.05. The van der Waals surface area contributed by atoms with Crippen molar-refractivity contribution in [2.24, 2.45) is 5.92 Å². The Morgan fingerprint density at radius 3 is 2.81 bits per heavy atom. The fourth-order valence-corrected chi connectivity index (χ4v) is 3.36. The molecule has 1 aliphatic rings. The third kappa shape index (κ3) is 3.42. The minimum Gasteiger partial charge on any atom is -0.465 e. The zero-order valence-electron chi connectivity index (χ0n) is 14.8. The van der Waals surface area contributed by atoms with Crippen LogP contribution in [0, 0.1) is 12.8 Å². The van der Waals surface area contributed by atoms with Gasteiger partial charge in [0, 0.05) is 5.92 Å². The summed E-state index contributed by atoms with van der Waals surface area (Å²) in [6.45, 7) is 2.33. The van der Waals surface area contributed by atoms with Gasteiger partial charge in [-0.3, -0.25) is 4.79 Å². The average Bonchev–Trinajstić information content (AvgIpc) is 3.40. The van der Waals surface area contributed by atoms with E-state index in [-0.39, 0.29) is 11.8 Å². The van der Waals surface area contributed by atoms with E-state index in [1.165, 1.54) is 11.1 Å². The Kier molecular flexibility index (Phi) is 4.60. The number of hydrogen-bond donors (Lipinski definition) is 1. The molecule has 0 aliphatic heterocycles. The number of rotatable bonds is 5. The minimum atomic E-state index is -0.00636. The van der Waals surface area contributed by atoms with Crippen molar-refractivity contribution in [2.45, 2.75) is 45.6 Å². The fraction of sp³-hybridized carbons (Fsp3) is 0.421. The molecule has 1 saturated carbocycles. The second-order valence-electron chi connectivity index (χ2n) is 6.69. The highest BCUT2D eigenvalue weighted by molar-refractivity contribution is 5.83. The highest BCUT2D eigenvalue weighted by Crippen LogP contribution is 2.27. The number of aromatic nitrogens is 3. The van der Waals surface area contributed by atoms with E-state index in [4.69, 9.17) is 8.83 Å². The quantitative estimate of drug-likeness (QED) is 0.736. The number of hydrogen-bond acceptors (Lipinski definition) is 6. The number of nitrogens with zero attached hydrogens (tertiary/aromatic N) is 3. The van der Waals surface area contributed by atoms with E-state index >= 15 is 0 Å². The van der Waals surface area contributed by atoms with Gasteiger partial charge in [-0.05, 0) is 44.0 Å². The second kappa shape index (κ2) is 7.19. The lowest BCUT2D eigenvalue weighted by Crippen LogP contribution is -2.26. The largest absolute Gasteiger partial charge is 0.465 e. The summed E-state index contributed by atoms with van der Waals surface area (Å²) in [6, 6.07) is 7.37. The third-order valence-electron chi connectivity index (χ3n) is 4.73. The van der Waals surface area contributed by atoms with Gasteiger partial charge in [0.15, 0.2) is 5.76 Å². The molecule has 0 amide bonds. The van der Waals surface area contributed by atoms with Crippen LogP contribution < -0.4 is 5.32 Å². The van der Waals surface area contributed by atoms with Crippen molar-refractivity contribution >= 4 is 11.9 Å². The number of anilines is 1. The molecule has 3 heterocycles. The topological polar surface area (TPSA) is 86.1 Å². The second-order valence-corrected chi connectivity index (χ2v) is 6.69. The van der Waals surface area contributed by atoms with Crippen LogP contribution >= 0.6 is 0 Å². The van der Waals surface area contributed by atoms with E-state index in [0.29, 0.717) is 24.1 Å². The molecule has 0 bridgehead atoms. The molecule has 3 aromatic rings. The van der Waals surface area contributed by atoms with Crippen molar-refractivity contribution in [3.05, 3.63) is 42.0 Å². The van der Waals surface area contributed by atoms with Gasteiger partial charge in [0.1, 0.15) is 11.5 Å².